The predicted octanol–water partition coefficient (Wildman–Crippen LogP) is 2.27. The normalized spacial score (nSPS) is 12.8. The van der Waals surface area contributed by atoms with E-state index in [0.717, 1.165) is 5.39 Å². The predicted molar refractivity (Wildman–Crippen MR) is 98.0 cm³/mol. The van der Waals surface area contributed by atoms with Crippen molar-refractivity contribution < 1.29 is 14.3 Å². The largest absolute Gasteiger partial charge is 0.486 e. The lowest BCUT2D eigenvalue weighted by atomic mass is 10.1. The number of carbonyl (C=O) groups is 1. The Morgan fingerprint density at radius 1 is 1.04 bits per heavy atom. The molecule has 0 unspecified atom stereocenters. The number of ether oxygens (including phenoxy) is 2. The van der Waals surface area contributed by atoms with Gasteiger partial charge in [-0.1, -0.05) is 18.2 Å². The van der Waals surface area contributed by atoms with Crippen LogP contribution in [0.4, 0.5) is 0 Å². The lowest BCUT2D eigenvalue weighted by Crippen LogP contribution is -2.27. The van der Waals surface area contributed by atoms with E-state index in [1.807, 2.05) is 30.3 Å². The highest BCUT2D eigenvalue weighted by Gasteiger charge is 2.14. The van der Waals surface area contributed by atoms with Crippen molar-refractivity contribution in [2.24, 2.45) is 0 Å². The first-order chi connectivity index (χ1) is 12.7. The molecule has 0 atom stereocenters. The van der Waals surface area contributed by atoms with Crippen LogP contribution in [0.3, 0.4) is 0 Å². The first-order valence-corrected chi connectivity index (χ1v) is 8.49. The van der Waals surface area contributed by atoms with Gasteiger partial charge in [0.05, 0.1) is 5.52 Å². The lowest BCUT2D eigenvalue weighted by molar-refractivity contribution is 0.0954. The van der Waals surface area contributed by atoms with Crippen molar-refractivity contribution in [3.63, 3.8) is 0 Å². The molecule has 0 saturated heterocycles. The summed E-state index contributed by atoms with van der Waals surface area (Å²) in [6, 6.07) is 14.5. The number of amides is 1. The molecule has 0 radical (unpaired) electrons. The molecule has 0 fully saturated rings. The van der Waals surface area contributed by atoms with E-state index in [0.29, 0.717) is 54.3 Å². The number of rotatable bonds is 4. The van der Waals surface area contributed by atoms with Crippen LogP contribution in [0.25, 0.3) is 10.9 Å². The zero-order valence-corrected chi connectivity index (χ0v) is 14.1. The molecule has 6 nitrogen and oxygen atoms in total. The van der Waals surface area contributed by atoms with Gasteiger partial charge in [0.25, 0.3) is 11.5 Å². The molecule has 4 rings (SSSR count). The highest BCUT2D eigenvalue weighted by atomic mass is 16.6. The minimum atomic E-state index is -0.164. The van der Waals surface area contributed by atoms with Gasteiger partial charge >= 0.3 is 0 Å². The summed E-state index contributed by atoms with van der Waals surface area (Å²) in [5, 5.41) is 3.71. The van der Waals surface area contributed by atoms with E-state index in [1.54, 1.807) is 18.2 Å². The molecule has 0 bridgehead atoms. The number of pyridine rings is 1. The molecule has 1 aliphatic rings. The van der Waals surface area contributed by atoms with Crippen LogP contribution >= 0.6 is 0 Å². The fourth-order valence-electron chi connectivity index (χ4n) is 2.98. The second-order valence-electron chi connectivity index (χ2n) is 6.08. The molecular formula is C20H18N2O4. The minimum absolute atomic E-state index is 0.151. The number of aromatic amines is 1. The summed E-state index contributed by atoms with van der Waals surface area (Å²) in [5.74, 6) is 1.17. The minimum Gasteiger partial charge on any atom is -0.486 e. The van der Waals surface area contributed by atoms with Crippen molar-refractivity contribution >= 4 is 16.8 Å². The van der Waals surface area contributed by atoms with Crippen LogP contribution in [0.2, 0.25) is 0 Å². The number of carbonyl (C=O) groups excluding carboxylic acids is 1. The SMILES string of the molecule is O=C(NCCc1cc2cc3c(cc2[nH]c1=O)OCCO3)c1ccccc1. The zero-order chi connectivity index (χ0) is 17.9. The molecule has 2 N–H and O–H groups in total. The molecule has 3 aromatic rings. The molecule has 1 aliphatic heterocycles. The molecule has 2 aromatic carbocycles. The van der Waals surface area contributed by atoms with E-state index in [2.05, 4.69) is 10.3 Å². The highest BCUT2D eigenvalue weighted by Crippen LogP contribution is 2.33. The number of H-pyrrole nitrogens is 1. The summed E-state index contributed by atoms with van der Waals surface area (Å²) in [4.78, 5) is 27.2. The van der Waals surface area contributed by atoms with E-state index < -0.39 is 0 Å². The number of nitrogens with one attached hydrogen (secondary N) is 2. The number of hydrogen-bond donors (Lipinski definition) is 2. The molecule has 0 aliphatic carbocycles. The molecule has 0 spiro atoms. The number of benzene rings is 2. The second kappa shape index (κ2) is 6.92. The smallest absolute Gasteiger partial charge is 0.251 e. The van der Waals surface area contributed by atoms with Crippen LogP contribution in [-0.2, 0) is 6.42 Å². The standard InChI is InChI=1S/C20H18N2O4/c23-19(13-4-2-1-3-5-13)21-7-6-14-10-15-11-17-18(26-9-8-25-17)12-16(15)22-20(14)24/h1-5,10-12H,6-9H2,(H,21,23)(H,22,24). The average molecular weight is 350 g/mol. The molecule has 6 heteroatoms. The van der Waals surface area contributed by atoms with Gasteiger partial charge < -0.3 is 19.8 Å². The molecule has 0 saturated carbocycles. The summed E-state index contributed by atoms with van der Waals surface area (Å²) < 4.78 is 11.1. The number of aromatic nitrogens is 1. The third-order valence-corrected chi connectivity index (χ3v) is 4.30. The van der Waals surface area contributed by atoms with Gasteiger partial charge in [-0.05, 0) is 30.7 Å². The molecule has 26 heavy (non-hydrogen) atoms. The van der Waals surface area contributed by atoms with E-state index in [9.17, 15) is 9.59 Å². The summed E-state index contributed by atoms with van der Waals surface area (Å²) in [7, 11) is 0. The van der Waals surface area contributed by atoms with Crippen LogP contribution in [0.5, 0.6) is 11.5 Å². The molecule has 1 aromatic heterocycles. The van der Waals surface area contributed by atoms with Gasteiger partial charge in [0, 0.05) is 29.1 Å². The highest BCUT2D eigenvalue weighted by molar-refractivity contribution is 5.94. The van der Waals surface area contributed by atoms with Crippen molar-refractivity contribution in [1.82, 2.24) is 10.3 Å². The summed E-state index contributed by atoms with van der Waals surface area (Å²) in [5.41, 5.74) is 1.76. The van der Waals surface area contributed by atoms with Gasteiger partial charge in [0.1, 0.15) is 13.2 Å². The second-order valence-corrected chi connectivity index (χ2v) is 6.08. The van der Waals surface area contributed by atoms with Crippen molar-refractivity contribution in [3.8, 4) is 11.5 Å². The van der Waals surface area contributed by atoms with Gasteiger partial charge in [-0.2, -0.15) is 0 Å². The molecule has 1 amide bonds. The third-order valence-electron chi connectivity index (χ3n) is 4.30. The molecule has 2 heterocycles. The van der Waals surface area contributed by atoms with Crippen LogP contribution in [0.1, 0.15) is 15.9 Å². The Hall–Kier alpha value is -3.28. The zero-order valence-electron chi connectivity index (χ0n) is 14.1. The summed E-state index contributed by atoms with van der Waals surface area (Å²) >= 11 is 0. The first-order valence-electron chi connectivity index (χ1n) is 8.49. The Morgan fingerprint density at radius 3 is 2.54 bits per heavy atom. The van der Waals surface area contributed by atoms with E-state index in [-0.39, 0.29) is 11.5 Å². The quantitative estimate of drug-likeness (QED) is 0.756. The van der Waals surface area contributed by atoms with Crippen LogP contribution in [0.15, 0.2) is 53.3 Å². The van der Waals surface area contributed by atoms with Gasteiger partial charge in [0.15, 0.2) is 11.5 Å². The third kappa shape index (κ3) is 3.26. The maximum atomic E-state index is 12.3. The van der Waals surface area contributed by atoms with E-state index >= 15 is 0 Å². The topological polar surface area (TPSA) is 80.4 Å². The Labute approximate surface area is 149 Å². The summed E-state index contributed by atoms with van der Waals surface area (Å²) in [6.45, 7) is 1.40. The van der Waals surface area contributed by atoms with Crippen LogP contribution in [-0.4, -0.2) is 30.6 Å². The lowest BCUT2D eigenvalue weighted by Gasteiger charge is -2.18. The Balaban J connectivity index is 1.50. The first kappa shape index (κ1) is 16.2. The van der Waals surface area contributed by atoms with Crippen molar-refractivity contribution in [2.75, 3.05) is 19.8 Å². The van der Waals surface area contributed by atoms with Gasteiger partial charge in [-0.3, -0.25) is 9.59 Å². The van der Waals surface area contributed by atoms with Gasteiger partial charge in [-0.25, -0.2) is 0 Å². The van der Waals surface area contributed by atoms with Crippen molar-refractivity contribution in [3.05, 3.63) is 70.0 Å². The van der Waals surface area contributed by atoms with E-state index in [1.165, 1.54) is 0 Å². The fourth-order valence-corrected chi connectivity index (χ4v) is 2.98. The Kier molecular flexibility index (Phi) is 4.31. The monoisotopic (exact) mass is 350 g/mol. The Morgan fingerprint density at radius 2 is 1.77 bits per heavy atom. The maximum absolute atomic E-state index is 12.3. The van der Waals surface area contributed by atoms with E-state index in [4.69, 9.17) is 9.47 Å². The number of fused-ring (bicyclic) bond motifs is 2. The van der Waals surface area contributed by atoms with Crippen LogP contribution < -0.4 is 20.3 Å². The van der Waals surface area contributed by atoms with Gasteiger partial charge in [-0.15, -0.1) is 0 Å². The van der Waals surface area contributed by atoms with Crippen molar-refractivity contribution in [2.45, 2.75) is 6.42 Å². The Bertz CT molecular complexity index is 1010. The van der Waals surface area contributed by atoms with Gasteiger partial charge in [0.2, 0.25) is 0 Å². The number of hydrogen-bond acceptors (Lipinski definition) is 4. The van der Waals surface area contributed by atoms with Crippen molar-refractivity contribution in [1.29, 1.82) is 0 Å². The maximum Gasteiger partial charge on any atom is 0.251 e. The molecular weight excluding hydrogens is 332 g/mol. The average Bonchev–Trinajstić information content (AvgIpc) is 2.67. The van der Waals surface area contributed by atoms with Crippen LogP contribution in [0, 0.1) is 0 Å². The summed E-state index contributed by atoms with van der Waals surface area (Å²) in [6.07, 6.45) is 0.443. The molecule has 132 valence electrons. The fraction of sp³-hybridized carbons (Fsp3) is 0.200.